The van der Waals surface area contributed by atoms with E-state index in [0.29, 0.717) is 0 Å². The SMILES string of the molecule is CN(C)[C@@H]1C(=O)C(C(=O)NCN2CCCC2)=C(O)[C@@]2(O)C(=O)C3=C(O)c4c(O)cccc4[C@@](C)(O)C3CC12. The first-order valence-corrected chi connectivity index (χ1v) is 12.7. The van der Waals surface area contributed by atoms with Crippen molar-refractivity contribution < 1.29 is 39.9 Å². The van der Waals surface area contributed by atoms with Crippen LogP contribution in [0.5, 0.6) is 5.75 Å². The van der Waals surface area contributed by atoms with E-state index in [-0.39, 0.29) is 35.5 Å². The van der Waals surface area contributed by atoms with Crippen molar-refractivity contribution in [1.29, 1.82) is 0 Å². The monoisotopic (exact) mass is 527 g/mol. The second-order valence-corrected chi connectivity index (χ2v) is 11.1. The number of carbonyl (C=O) groups is 3. The number of ketones is 2. The summed E-state index contributed by atoms with van der Waals surface area (Å²) in [4.78, 5) is 44.3. The molecule has 1 aromatic carbocycles. The van der Waals surface area contributed by atoms with E-state index in [1.165, 1.54) is 30.0 Å². The Hall–Kier alpha value is -3.25. The minimum Gasteiger partial charge on any atom is -0.508 e. The first-order valence-electron chi connectivity index (χ1n) is 12.7. The number of carbonyl (C=O) groups excluding carboxylic acids is 3. The fraction of sp³-hybridized carbons (Fsp3) is 0.519. The fourth-order valence-corrected chi connectivity index (χ4v) is 6.70. The summed E-state index contributed by atoms with van der Waals surface area (Å²) in [6.45, 7) is 3.11. The van der Waals surface area contributed by atoms with Gasteiger partial charge in [0, 0.05) is 17.4 Å². The number of hydrogen-bond acceptors (Lipinski definition) is 10. The summed E-state index contributed by atoms with van der Waals surface area (Å²) in [5.41, 5.74) is -5.54. The first-order chi connectivity index (χ1) is 17.8. The van der Waals surface area contributed by atoms with Gasteiger partial charge in [-0.15, -0.1) is 0 Å². The highest BCUT2D eigenvalue weighted by molar-refractivity contribution is 6.25. The average Bonchev–Trinajstić information content (AvgIpc) is 3.37. The molecular formula is C27H33N3O8. The Bertz CT molecular complexity index is 1290. The van der Waals surface area contributed by atoms with E-state index in [4.69, 9.17) is 0 Å². The number of hydrogen-bond donors (Lipinski definition) is 6. The lowest BCUT2D eigenvalue weighted by atomic mass is 9.54. The Balaban J connectivity index is 1.65. The third kappa shape index (κ3) is 3.53. The molecule has 1 aliphatic heterocycles. The Kier molecular flexibility index (Phi) is 6.18. The lowest BCUT2D eigenvalue weighted by Gasteiger charge is -2.53. The highest BCUT2D eigenvalue weighted by Gasteiger charge is 2.66. The molecule has 4 aliphatic rings. The van der Waals surface area contributed by atoms with Crippen molar-refractivity contribution in [2.45, 2.75) is 43.4 Å². The van der Waals surface area contributed by atoms with Gasteiger partial charge < -0.3 is 30.8 Å². The second kappa shape index (κ2) is 8.91. The van der Waals surface area contributed by atoms with Crippen LogP contribution in [0.2, 0.25) is 0 Å². The maximum Gasteiger partial charge on any atom is 0.259 e. The maximum absolute atomic E-state index is 14.0. The molecule has 0 bridgehead atoms. The van der Waals surface area contributed by atoms with E-state index in [2.05, 4.69) is 5.32 Å². The molecule has 1 saturated carbocycles. The van der Waals surface area contributed by atoms with Crippen molar-refractivity contribution in [2.24, 2.45) is 11.8 Å². The number of benzene rings is 1. The van der Waals surface area contributed by atoms with Crippen molar-refractivity contribution in [1.82, 2.24) is 15.1 Å². The predicted molar refractivity (Wildman–Crippen MR) is 135 cm³/mol. The van der Waals surface area contributed by atoms with Gasteiger partial charge >= 0.3 is 0 Å². The van der Waals surface area contributed by atoms with Crippen LogP contribution in [0.15, 0.2) is 35.1 Å². The number of aliphatic hydroxyl groups is 4. The number of aromatic hydroxyl groups is 1. The first kappa shape index (κ1) is 26.4. The van der Waals surface area contributed by atoms with Crippen molar-refractivity contribution in [2.75, 3.05) is 33.9 Å². The minimum absolute atomic E-state index is 0.137. The third-order valence-electron chi connectivity index (χ3n) is 8.66. The lowest BCUT2D eigenvalue weighted by Crippen LogP contribution is -2.67. The van der Waals surface area contributed by atoms with Crippen LogP contribution in [-0.2, 0) is 20.0 Å². The number of amides is 1. The standard InChI is InChI=1S/C27H33N3O8/c1-26(37)13-7-6-8-16(31)17(13)21(32)18-14(26)11-15-20(29(2)3)22(33)19(24(35)27(15,38)23(18)34)25(36)28-12-30-9-4-5-10-30/h6-8,14-15,20,31-32,35,37-38H,4-5,9-12H2,1-3H3,(H,28,36)/t14?,15?,20-,26+,27-/m0/s1. The molecule has 5 rings (SSSR count). The molecule has 11 heteroatoms. The van der Waals surface area contributed by atoms with Gasteiger partial charge in [-0.1, -0.05) is 12.1 Å². The summed E-state index contributed by atoms with van der Waals surface area (Å²) in [5.74, 6) is -7.17. The number of nitrogens with zero attached hydrogens (tertiary/aromatic N) is 2. The van der Waals surface area contributed by atoms with E-state index < -0.39 is 63.6 Å². The number of likely N-dealkylation sites (N-methyl/N-ethyl adjacent to an activating group) is 1. The van der Waals surface area contributed by atoms with Crippen LogP contribution < -0.4 is 5.32 Å². The van der Waals surface area contributed by atoms with Gasteiger partial charge in [0.15, 0.2) is 11.4 Å². The highest BCUT2D eigenvalue weighted by Crippen LogP contribution is 2.57. The van der Waals surface area contributed by atoms with Gasteiger partial charge in [-0.2, -0.15) is 0 Å². The quantitative estimate of drug-likeness (QED) is 0.300. The zero-order chi connectivity index (χ0) is 27.7. The molecule has 3 aliphatic carbocycles. The Morgan fingerprint density at radius 3 is 2.42 bits per heavy atom. The van der Waals surface area contributed by atoms with Crippen LogP contribution >= 0.6 is 0 Å². The van der Waals surface area contributed by atoms with Gasteiger partial charge in [0.1, 0.15) is 22.8 Å². The van der Waals surface area contributed by atoms with E-state index in [1.807, 2.05) is 4.90 Å². The van der Waals surface area contributed by atoms with Gasteiger partial charge in [-0.3, -0.25) is 24.2 Å². The molecular weight excluding hydrogens is 494 g/mol. The molecule has 11 nitrogen and oxygen atoms in total. The zero-order valence-corrected chi connectivity index (χ0v) is 21.6. The van der Waals surface area contributed by atoms with Crippen LogP contribution in [0.1, 0.15) is 37.3 Å². The van der Waals surface area contributed by atoms with Gasteiger partial charge in [-0.05, 0) is 65.0 Å². The summed E-state index contributed by atoms with van der Waals surface area (Å²) in [5, 5.41) is 59.0. The number of aliphatic hydroxyl groups excluding tert-OH is 2. The van der Waals surface area contributed by atoms with Crippen molar-refractivity contribution in [3.63, 3.8) is 0 Å². The number of rotatable bonds is 4. The van der Waals surface area contributed by atoms with Crippen LogP contribution in [0.25, 0.3) is 5.76 Å². The molecule has 38 heavy (non-hydrogen) atoms. The van der Waals surface area contributed by atoms with Crippen molar-refractivity contribution in [3.05, 3.63) is 46.2 Å². The summed E-state index contributed by atoms with van der Waals surface area (Å²) in [7, 11) is 3.12. The van der Waals surface area contributed by atoms with Gasteiger partial charge in [0.2, 0.25) is 5.78 Å². The Labute approximate surface area is 219 Å². The summed E-state index contributed by atoms with van der Waals surface area (Å²) < 4.78 is 0. The molecule has 1 saturated heterocycles. The summed E-state index contributed by atoms with van der Waals surface area (Å²) in [6, 6.07) is 3.12. The number of likely N-dealkylation sites (tertiary alicyclic amines) is 1. The Morgan fingerprint density at radius 1 is 1.13 bits per heavy atom. The molecule has 2 unspecified atom stereocenters. The Morgan fingerprint density at radius 2 is 1.79 bits per heavy atom. The molecule has 1 amide bonds. The lowest BCUT2D eigenvalue weighted by molar-refractivity contribution is -0.159. The van der Waals surface area contributed by atoms with Crippen LogP contribution in [0.3, 0.4) is 0 Å². The van der Waals surface area contributed by atoms with E-state index >= 15 is 0 Å². The third-order valence-corrected chi connectivity index (χ3v) is 8.66. The fourth-order valence-electron chi connectivity index (χ4n) is 6.70. The predicted octanol–water partition coefficient (Wildman–Crippen LogP) is 0.313. The summed E-state index contributed by atoms with van der Waals surface area (Å²) >= 11 is 0. The number of phenols is 1. The average molecular weight is 528 g/mol. The van der Waals surface area contributed by atoms with Crippen LogP contribution in [0.4, 0.5) is 0 Å². The molecule has 0 aromatic heterocycles. The molecule has 0 spiro atoms. The molecule has 204 valence electrons. The van der Waals surface area contributed by atoms with Crippen molar-refractivity contribution >= 4 is 23.2 Å². The zero-order valence-electron chi connectivity index (χ0n) is 21.6. The van der Waals surface area contributed by atoms with Crippen molar-refractivity contribution in [3.8, 4) is 5.75 Å². The molecule has 2 fully saturated rings. The molecule has 6 N–H and O–H groups in total. The summed E-state index contributed by atoms with van der Waals surface area (Å²) in [6.07, 6.45) is 1.78. The largest absolute Gasteiger partial charge is 0.508 e. The highest BCUT2D eigenvalue weighted by atomic mass is 16.3. The number of phenolic OH excluding ortho intramolecular Hbond substituents is 1. The maximum atomic E-state index is 14.0. The van der Waals surface area contributed by atoms with Gasteiger partial charge in [0.25, 0.3) is 5.91 Å². The van der Waals surface area contributed by atoms with Crippen LogP contribution in [0, 0.1) is 11.8 Å². The number of fused-ring (bicyclic) bond motifs is 3. The molecule has 1 aromatic rings. The molecule has 0 radical (unpaired) electrons. The number of nitrogens with one attached hydrogen (secondary N) is 1. The van der Waals surface area contributed by atoms with Gasteiger partial charge in [-0.25, -0.2) is 0 Å². The number of Topliss-reactive ketones (excluding diaryl/α,β-unsaturated/α-hetero) is 2. The smallest absolute Gasteiger partial charge is 0.259 e. The molecule has 5 atom stereocenters. The normalized spacial score (nSPS) is 33.4. The van der Waals surface area contributed by atoms with E-state index in [9.17, 15) is 39.9 Å². The topological polar surface area (TPSA) is 171 Å². The minimum atomic E-state index is -2.72. The van der Waals surface area contributed by atoms with E-state index in [1.54, 1.807) is 14.1 Å². The van der Waals surface area contributed by atoms with Gasteiger partial charge in [0.05, 0.1) is 23.9 Å². The molecule has 1 heterocycles. The van der Waals surface area contributed by atoms with Crippen LogP contribution in [-0.4, -0.2) is 98.3 Å². The second-order valence-electron chi connectivity index (χ2n) is 11.1. The van der Waals surface area contributed by atoms with E-state index in [0.717, 1.165) is 25.9 Å².